The van der Waals surface area contributed by atoms with Gasteiger partial charge in [0.2, 0.25) is 5.91 Å². The van der Waals surface area contributed by atoms with Crippen molar-refractivity contribution in [2.45, 2.75) is 24.3 Å². The quantitative estimate of drug-likeness (QED) is 0.345. The molecule has 0 bridgehead atoms. The Hall–Kier alpha value is -3.85. The van der Waals surface area contributed by atoms with Crippen molar-refractivity contribution in [3.05, 3.63) is 76.7 Å². The van der Waals surface area contributed by atoms with Gasteiger partial charge in [0.05, 0.1) is 16.2 Å². The van der Waals surface area contributed by atoms with Crippen LogP contribution in [0.5, 0.6) is 11.5 Å². The highest BCUT2D eigenvalue weighted by Gasteiger charge is 2.22. The molecule has 0 saturated heterocycles. The summed E-state index contributed by atoms with van der Waals surface area (Å²) in [6.07, 6.45) is 1.65. The van der Waals surface area contributed by atoms with E-state index in [9.17, 15) is 9.59 Å². The fourth-order valence-electron chi connectivity index (χ4n) is 3.61. The summed E-state index contributed by atoms with van der Waals surface area (Å²) < 4.78 is 12.6. The minimum Gasteiger partial charge on any atom is -0.486 e. The van der Waals surface area contributed by atoms with Gasteiger partial charge in [-0.15, -0.1) is 0 Å². The molecule has 0 fully saturated rings. The molecular weight excluding hydrogens is 452 g/mol. The molecule has 1 atom stereocenters. The van der Waals surface area contributed by atoms with Gasteiger partial charge in [-0.2, -0.15) is 0 Å². The van der Waals surface area contributed by atoms with Crippen molar-refractivity contribution in [2.75, 3.05) is 18.5 Å². The van der Waals surface area contributed by atoms with Gasteiger partial charge in [-0.3, -0.25) is 9.59 Å². The normalized spacial score (nSPS) is 13.5. The lowest BCUT2D eigenvalue weighted by molar-refractivity contribution is -0.115. The number of aromatic nitrogens is 3. The lowest BCUT2D eigenvalue weighted by atomic mass is 10.2. The van der Waals surface area contributed by atoms with Crippen LogP contribution in [0.2, 0.25) is 0 Å². The number of nitrogens with zero attached hydrogens (tertiary/aromatic N) is 3. The van der Waals surface area contributed by atoms with Gasteiger partial charge in [0, 0.05) is 18.0 Å². The van der Waals surface area contributed by atoms with Gasteiger partial charge in [-0.1, -0.05) is 23.9 Å². The van der Waals surface area contributed by atoms with Crippen molar-refractivity contribution < 1.29 is 14.3 Å². The van der Waals surface area contributed by atoms with Gasteiger partial charge in [0.15, 0.2) is 16.7 Å². The fraction of sp³-hybridized carbons (Fsp3) is 0.200. The van der Waals surface area contributed by atoms with Crippen LogP contribution in [-0.4, -0.2) is 38.9 Å². The number of benzene rings is 2. The minimum atomic E-state index is -0.544. The molecule has 3 heterocycles. The average molecular weight is 475 g/mol. The van der Waals surface area contributed by atoms with E-state index in [0.29, 0.717) is 52.3 Å². The van der Waals surface area contributed by atoms with E-state index in [-0.39, 0.29) is 11.5 Å². The molecule has 0 aliphatic carbocycles. The Morgan fingerprint density at radius 2 is 1.88 bits per heavy atom. The minimum absolute atomic E-state index is 0.229. The fourth-order valence-corrected chi connectivity index (χ4v) is 4.53. The first-order chi connectivity index (χ1) is 16.5. The van der Waals surface area contributed by atoms with Gasteiger partial charge >= 0.3 is 0 Å². The third-order valence-electron chi connectivity index (χ3n) is 5.34. The van der Waals surface area contributed by atoms with E-state index >= 15 is 0 Å². The van der Waals surface area contributed by atoms with Crippen LogP contribution in [0.4, 0.5) is 5.69 Å². The van der Waals surface area contributed by atoms with Crippen LogP contribution in [0.1, 0.15) is 12.5 Å². The standard InChI is InChI=1S/C25H22N4O4S/c1-15-9-10-26-22(13-15)29-24(31)18-5-3-4-6-19(18)28-25(29)34-16(2)23(30)27-17-7-8-20-21(14-17)33-12-11-32-20/h3-10,13-14,16H,11-12H2,1-2H3,(H,27,30)/t16-/m1/s1. The van der Waals surface area contributed by atoms with E-state index in [1.807, 2.05) is 25.1 Å². The summed E-state index contributed by atoms with van der Waals surface area (Å²) in [5.74, 6) is 1.49. The second-order valence-corrected chi connectivity index (χ2v) is 9.16. The molecule has 0 saturated carbocycles. The molecule has 0 unspecified atom stereocenters. The lowest BCUT2D eigenvalue weighted by Gasteiger charge is -2.19. The second-order valence-electron chi connectivity index (χ2n) is 7.85. The maximum Gasteiger partial charge on any atom is 0.267 e. The molecule has 1 aliphatic heterocycles. The number of hydrogen-bond donors (Lipinski definition) is 1. The van der Waals surface area contributed by atoms with E-state index in [1.165, 1.54) is 16.3 Å². The first-order valence-electron chi connectivity index (χ1n) is 10.8. The Kier molecular flexibility index (Phi) is 5.93. The van der Waals surface area contributed by atoms with Gasteiger partial charge < -0.3 is 14.8 Å². The first kappa shape index (κ1) is 22.0. The van der Waals surface area contributed by atoms with E-state index in [0.717, 1.165) is 5.56 Å². The van der Waals surface area contributed by atoms with Crippen LogP contribution in [0, 0.1) is 6.92 Å². The van der Waals surface area contributed by atoms with E-state index in [1.54, 1.807) is 49.5 Å². The number of aryl methyl sites for hydroxylation is 1. The Morgan fingerprint density at radius 3 is 2.71 bits per heavy atom. The van der Waals surface area contributed by atoms with Crippen LogP contribution in [0.25, 0.3) is 16.7 Å². The highest BCUT2D eigenvalue weighted by molar-refractivity contribution is 8.00. The summed E-state index contributed by atoms with van der Waals surface area (Å²) >= 11 is 1.20. The number of para-hydroxylation sites is 1. The second kappa shape index (κ2) is 9.18. The SMILES string of the molecule is Cc1ccnc(-n2c(S[C@H](C)C(=O)Nc3ccc4c(c3)OCCO4)nc3ccccc3c2=O)c1. The number of hydrogen-bond acceptors (Lipinski definition) is 7. The van der Waals surface area contributed by atoms with Crippen molar-refractivity contribution in [2.24, 2.45) is 0 Å². The average Bonchev–Trinajstić information content (AvgIpc) is 2.84. The molecule has 2 aromatic carbocycles. The largest absolute Gasteiger partial charge is 0.486 e. The zero-order chi connectivity index (χ0) is 23.7. The molecule has 2 aromatic heterocycles. The summed E-state index contributed by atoms with van der Waals surface area (Å²) in [7, 11) is 0. The molecule has 1 N–H and O–H groups in total. The highest BCUT2D eigenvalue weighted by Crippen LogP contribution is 2.33. The topological polar surface area (TPSA) is 95.3 Å². The number of amides is 1. The van der Waals surface area contributed by atoms with Crippen LogP contribution < -0.4 is 20.3 Å². The van der Waals surface area contributed by atoms with E-state index < -0.39 is 5.25 Å². The number of carbonyl (C=O) groups is 1. The number of pyridine rings is 1. The van der Waals surface area contributed by atoms with Gasteiger partial charge in [-0.25, -0.2) is 14.5 Å². The summed E-state index contributed by atoms with van der Waals surface area (Å²) in [4.78, 5) is 35.5. The number of nitrogens with one attached hydrogen (secondary N) is 1. The third kappa shape index (κ3) is 4.34. The Bertz CT molecular complexity index is 1450. The van der Waals surface area contributed by atoms with Gasteiger partial charge in [0.25, 0.3) is 5.56 Å². The third-order valence-corrected chi connectivity index (χ3v) is 6.39. The number of anilines is 1. The Labute approximate surface area is 200 Å². The van der Waals surface area contributed by atoms with E-state index in [4.69, 9.17) is 14.5 Å². The molecule has 4 aromatic rings. The van der Waals surface area contributed by atoms with Crippen molar-refractivity contribution in [3.8, 4) is 17.3 Å². The predicted octanol–water partition coefficient (Wildman–Crippen LogP) is 3.98. The molecular formula is C25H22N4O4S. The summed E-state index contributed by atoms with van der Waals surface area (Å²) in [6.45, 7) is 4.67. The zero-order valence-corrected chi connectivity index (χ0v) is 19.5. The summed E-state index contributed by atoms with van der Waals surface area (Å²) in [5, 5.41) is 3.25. The molecule has 0 spiro atoms. The van der Waals surface area contributed by atoms with Crippen molar-refractivity contribution in [1.29, 1.82) is 0 Å². The maximum atomic E-state index is 13.4. The number of fused-ring (bicyclic) bond motifs is 2. The summed E-state index contributed by atoms with van der Waals surface area (Å²) in [6, 6.07) is 16.1. The molecule has 1 amide bonds. The van der Waals surface area contributed by atoms with Crippen LogP contribution in [-0.2, 0) is 4.79 Å². The predicted molar refractivity (Wildman–Crippen MR) is 131 cm³/mol. The number of thioether (sulfide) groups is 1. The number of ether oxygens (including phenoxy) is 2. The van der Waals surface area contributed by atoms with Gasteiger partial charge in [0.1, 0.15) is 19.0 Å². The molecule has 0 radical (unpaired) electrons. The van der Waals surface area contributed by atoms with Gasteiger partial charge in [-0.05, 0) is 55.8 Å². The molecule has 172 valence electrons. The van der Waals surface area contributed by atoms with Crippen LogP contribution in [0.3, 0.4) is 0 Å². The van der Waals surface area contributed by atoms with Crippen molar-refractivity contribution >= 4 is 34.3 Å². The van der Waals surface area contributed by atoms with Crippen molar-refractivity contribution in [1.82, 2.24) is 14.5 Å². The lowest BCUT2D eigenvalue weighted by Crippen LogP contribution is -2.26. The first-order valence-corrected chi connectivity index (χ1v) is 11.7. The number of carbonyl (C=O) groups excluding carboxylic acids is 1. The Balaban J connectivity index is 1.46. The molecule has 8 nitrogen and oxygen atoms in total. The summed E-state index contributed by atoms with van der Waals surface area (Å²) in [5.41, 5.74) is 1.90. The molecule has 1 aliphatic rings. The van der Waals surface area contributed by atoms with Crippen molar-refractivity contribution in [3.63, 3.8) is 0 Å². The maximum absolute atomic E-state index is 13.4. The van der Waals surface area contributed by atoms with Crippen LogP contribution in [0.15, 0.2) is 70.7 Å². The molecule has 34 heavy (non-hydrogen) atoms. The zero-order valence-electron chi connectivity index (χ0n) is 18.6. The Morgan fingerprint density at radius 1 is 1.09 bits per heavy atom. The van der Waals surface area contributed by atoms with Crippen LogP contribution >= 0.6 is 11.8 Å². The molecule has 9 heteroatoms. The molecule has 5 rings (SSSR count). The van der Waals surface area contributed by atoms with E-state index in [2.05, 4.69) is 10.3 Å². The number of rotatable bonds is 5. The smallest absolute Gasteiger partial charge is 0.267 e. The monoisotopic (exact) mass is 474 g/mol. The highest BCUT2D eigenvalue weighted by atomic mass is 32.2.